The number of likely N-dealkylation sites (N-methyl/N-ethyl adjacent to an activating group) is 1. The summed E-state index contributed by atoms with van der Waals surface area (Å²) in [4.78, 5) is 25.2. The molecule has 0 aromatic carbocycles. The van der Waals surface area contributed by atoms with Crippen molar-refractivity contribution in [3.63, 3.8) is 0 Å². The molecule has 8 nitrogen and oxygen atoms in total. The van der Waals surface area contributed by atoms with Crippen LogP contribution in [0.2, 0.25) is 0 Å². The topological polar surface area (TPSA) is 108 Å². The van der Waals surface area contributed by atoms with Crippen LogP contribution in [0.3, 0.4) is 0 Å². The first kappa shape index (κ1) is 52.7. The van der Waals surface area contributed by atoms with Crippen molar-refractivity contribution in [3.05, 3.63) is 36.5 Å². The molecule has 0 heterocycles. The van der Waals surface area contributed by atoms with E-state index in [9.17, 15) is 19.4 Å². The molecule has 0 aromatic heterocycles. The number of unbranched alkanes of at least 4 members (excludes halogenated alkanes) is 23. The van der Waals surface area contributed by atoms with Crippen LogP contribution in [-0.4, -0.2) is 68.5 Å². The van der Waals surface area contributed by atoms with Gasteiger partial charge in [0.15, 0.2) is 0 Å². The lowest BCUT2D eigenvalue weighted by Gasteiger charge is -2.29. The highest BCUT2D eigenvalue weighted by Gasteiger charge is 2.23. The quantitative estimate of drug-likeness (QED) is 0.0277. The van der Waals surface area contributed by atoms with E-state index in [0.29, 0.717) is 17.4 Å². The molecular weight excluding hydrogens is 695 g/mol. The Bertz CT molecular complexity index is 980. The van der Waals surface area contributed by atoms with E-state index in [0.717, 1.165) is 57.8 Å². The number of nitrogens with zero attached hydrogens (tertiary/aromatic N) is 1. The number of aliphatic hydroxyl groups is 1. The van der Waals surface area contributed by atoms with Gasteiger partial charge in [-0.25, -0.2) is 0 Å². The van der Waals surface area contributed by atoms with E-state index in [4.69, 9.17) is 9.05 Å². The Morgan fingerprint density at radius 3 is 1.52 bits per heavy atom. The zero-order chi connectivity index (χ0) is 40.0. The van der Waals surface area contributed by atoms with Gasteiger partial charge in [0.2, 0.25) is 5.91 Å². The van der Waals surface area contributed by atoms with Gasteiger partial charge in [0, 0.05) is 6.42 Å². The number of amides is 1. The normalized spacial score (nSPS) is 14.7. The lowest BCUT2D eigenvalue weighted by atomic mass is 10.0. The molecule has 0 fully saturated rings. The van der Waals surface area contributed by atoms with Crippen molar-refractivity contribution in [2.45, 2.75) is 206 Å². The largest absolute Gasteiger partial charge is 0.756 e. The highest BCUT2D eigenvalue weighted by atomic mass is 31.2. The highest BCUT2D eigenvalue weighted by molar-refractivity contribution is 7.45. The monoisotopic (exact) mass is 783 g/mol. The van der Waals surface area contributed by atoms with Crippen molar-refractivity contribution in [2.24, 2.45) is 0 Å². The maximum Gasteiger partial charge on any atom is 0.268 e. The van der Waals surface area contributed by atoms with E-state index < -0.39 is 26.6 Å². The van der Waals surface area contributed by atoms with Gasteiger partial charge >= 0.3 is 0 Å². The second-order valence-corrected chi connectivity index (χ2v) is 17.8. The number of phosphoric acid groups is 1. The Labute approximate surface area is 334 Å². The number of phosphoric ester groups is 1. The number of carbonyl (C=O) groups is 1. The molecule has 318 valence electrons. The smallest absolute Gasteiger partial charge is 0.268 e. The molecule has 0 bridgehead atoms. The van der Waals surface area contributed by atoms with E-state index in [2.05, 4.69) is 43.5 Å². The molecule has 54 heavy (non-hydrogen) atoms. The summed E-state index contributed by atoms with van der Waals surface area (Å²) < 4.78 is 23.2. The van der Waals surface area contributed by atoms with Crippen LogP contribution in [0.1, 0.15) is 194 Å². The highest BCUT2D eigenvalue weighted by Crippen LogP contribution is 2.38. The van der Waals surface area contributed by atoms with Crippen molar-refractivity contribution in [1.82, 2.24) is 5.32 Å². The van der Waals surface area contributed by atoms with Gasteiger partial charge in [-0.05, 0) is 57.8 Å². The fourth-order valence-corrected chi connectivity index (χ4v) is 6.94. The molecule has 0 aliphatic heterocycles. The maximum absolute atomic E-state index is 12.8. The molecule has 1 amide bonds. The third-order valence-corrected chi connectivity index (χ3v) is 10.8. The molecular formula is C45H87N2O6P. The SMILES string of the molecule is CCCCCC/C=C\CCCCCCCC(=O)NC(COP(=O)([O-])OCC[N+](C)(C)C)C(O)/C=C/CC/C=C/CCCCCCCCCCCCCCC. The number of hydrogen-bond acceptors (Lipinski definition) is 6. The van der Waals surface area contributed by atoms with Crippen molar-refractivity contribution < 1.29 is 32.9 Å². The first-order valence-corrected chi connectivity index (χ1v) is 23.8. The van der Waals surface area contributed by atoms with Crippen LogP contribution < -0.4 is 10.2 Å². The van der Waals surface area contributed by atoms with Crippen LogP contribution in [-0.2, 0) is 18.4 Å². The third kappa shape index (κ3) is 39.0. The fraction of sp³-hybridized carbons (Fsp3) is 0.844. The number of allylic oxidation sites excluding steroid dienone is 5. The summed E-state index contributed by atoms with van der Waals surface area (Å²) in [6.07, 6.45) is 44.8. The van der Waals surface area contributed by atoms with Gasteiger partial charge in [-0.2, -0.15) is 0 Å². The van der Waals surface area contributed by atoms with E-state index in [1.165, 1.54) is 116 Å². The average Bonchev–Trinajstić information content (AvgIpc) is 3.12. The van der Waals surface area contributed by atoms with E-state index >= 15 is 0 Å². The average molecular weight is 783 g/mol. The Hall–Kier alpha value is -1.28. The van der Waals surface area contributed by atoms with Gasteiger partial charge in [-0.15, -0.1) is 0 Å². The van der Waals surface area contributed by atoms with Crippen LogP contribution >= 0.6 is 7.82 Å². The molecule has 2 N–H and O–H groups in total. The van der Waals surface area contributed by atoms with Crippen molar-refractivity contribution in [1.29, 1.82) is 0 Å². The minimum atomic E-state index is -4.59. The molecule has 0 saturated carbocycles. The molecule has 0 aliphatic rings. The number of aliphatic hydroxyl groups excluding tert-OH is 1. The van der Waals surface area contributed by atoms with E-state index in [1.807, 2.05) is 27.2 Å². The fourth-order valence-electron chi connectivity index (χ4n) is 6.22. The number of rotatable bonds is 40. The molecule has 0 spiro atoms. The second-order valence-electron chi connectivity index (χ2n) is 16.4. The summed E-state index contributed by atoms with van der Waals surface area (Å²) >= 11 is 0. The predicted molar refractivity (Wildman–Crippen MR) is 228 cm³/mol. The zero-order valence-electron chi connectivity index (χ0n) is 35.9. The Morgan fingerprint density at radius 2 is 1.04 bits per heavy atom. The number of hydrogen-bond donors (Lipinski definition) is 2. The second kappa shape index (κ2) is 37.3. The summed E-state index contributed by atoms with van der Waals surface area (Å²) in [6, 6.07) is -0.905. The summed E-state index contributed by atoms with van der Waals surface area (Å²) in [6.45, 7) is 4.60. The first-order chi connectivity index (χ1) is 26.0. The van der Waals surface area contributed by atoms with Crippen molar-refractivity contribution >= 4 is 13.7 Å². The molecule has 0 radical (unpaired) electrons. The zero-order valence-corrected chi connectivity index (χ0v) is 36.8. The maximum atomic E-state index is 12.8. The molecule has 3 atom stereocenters. The summed E-state index contributed by atoms with van der Waals surface area (Å²) in [5.41, 5.74) is 0. The van der Waals surface area contributed by atoms with Gasteiger partial charge in [-0.3, -0.25) is 9.36 Å². The number of quaternary nitrogens is 1. The van der Waals surface area contributed by atoms with Crippen LogP contribution in [0.5, 0.6) is 0 Å². The van der Waals surface area contributed by atoms with Crippen LogP contribution in [0, 0.1) is 0 Å². The Morgan fingerprint density at radius 1 is 0.630 bits per heavy atom. The Kier molecular flexibility index (Phi) is 36.4. The van der Waals surface area contributed by atoms with Gasteiger partial charge in [-0.1, -0.05) is 166 Å². The molecule has 0 rings (SSSR count). The molecule has 0 aromatic rings. The van der Waals surface area contributed by atoms with Gasteiger partial charge < -0.3 is 28.8 Å². The third-order valence-electron chi connectivity index (χ3n) is 9.82. The molecule has 9 heteroatoms. The van der Waals surface area contributed by atoms with Gasteiger partial charge in [0.05, 0.1) is 39.9 Å². The number of nitrogens with one attached hydrogen (secondary N) is 1. The van der Waals surface area contributed by atoms with E-state index in [-0.39, 0.29) is 12.5 Å². The minimum Gasteiger partial charge on any atom is -0.756 e. The van der Waals surface area contributed by atoms with Crippen LogP contribution in [0.4, 0.5) is 0 Å². The summed E-state index contributed by atoms with van der Waals surface area (Å²) in [7, 11) is 1.24. The number of carbonyl (C=O) groups excluding carboxylic acids is 1. The van der Waals surface area contributed by atoms with Crippen LogP contribution in [0.15, 0.2) is 36.5 Å². The minimum absolute atomic E-state index is 0.00797. The van der Waals surface area contributed by atoms with E-state index in [1.54, 1.807) is 6.08 Å². The molecule has 0 aliphatic carbocycles. The lowest BCUT2D eigenvalue weighted by Crippen LogP contribution is -2.45. The standard InChI is InChI=1S/C45H87N2O6P/c1-6-8-10-12-14-16-18-20-21-22-23-24-25-27-28-30-32-34-36-38-44(48)43(42-53-54(50,51)52-41-40-47(3,4)5)46-45(49)39-37-35-33-31-29-26-19-17-15-13-11-9-7-2/h17,19,28,30,36,38,43-44,48H,6-16,18,20-27,29,31-35,37,39-42H2,1-5H3,(H-,46,49,50,51)/b19-17-,30-28+,38-36+. The Balaban J connectivity index is 4.47. The van der Waals surface area contributed by atoms with Crippen molar-refractivity contribution in [3.8, 4) is 0 Å². The predicted octanol–water partition coefficient (Wildman–Crippen LogP) is 11.7. The van der Waals surface area contributed by atoms with Crippen LogP contribution in [0.25, 0.3) is 0 Å². The summed E-state index contributed by atoms with van der Waals surface area (Å²) in [5.74, 6) is -0.218. The van der Waals surface area contributed by atoms with Gasteiger partial charge in [0.25, 0.3) is 7.82 Å². The van der Waals surface area contributed by atoms with Crippen molar-refractivity contribution in [2.75, 3.05) is 40.9 Å². The summed E-state index contributed by atoms with van der Waals surface area (Å²) in [5, 5.41) is 13.7. The first-order valence-electron chi connectivity index (χ1n) is 22.4. The lowest BCUT2D eigenvalue weighted by molar-refractivity contribution is -0.870. The van der Waals surface area contributed by atoms with Gasteiger partial charge in [0.1, 0.15) is 13.2 Å². The molecule has 3 unspecified atom stereocenters. The molecule has 0 saturated heterocycles.